The fraction of sp³-hybridized carbons (Fsp3) is 0.562. The predicted octanol–water partition coefficient (Wildman–Crippen LogP) is 0.729. The number of aryl methyl sites for hydroxylation is 1. The van der Waals surface area contributed by atoms with Gasteiger partial charge in [-0.1, -0.05) is 0 Å². The fourth-order valence-corrected chi connectivity index (χ4v) is 2.69. The first-order valence-electron chi connectivity index (χ1n) is 8.18. The minimum atomic E-state index is 0.0698. The molecule has 124 valence electrons. The van der Waals surface area contributed by atoms with E-state index in [0.29, 0.717) is 18.5 Å². The number of pyridine rings is 1. The van der Waals surface area contributed by atoms with Crippen LogP contribution in [0.4, 0.5) is 0 Å². The molecule has 0 atom stereocenters. The topological polar surface area (TPSA) is 83.1 Å². The number of amides is 1. The molecule has 0 radical (unpaired) electrons. The average molecular weight is 317 g/mol. The summed E-state index contributed by atoms with van der Waals surface area (Å²) in [6, 6.07) is 3.80. The smallest absolute Gasteiger partial charge is 0.220 e. The zero-order valence-corrected chi connectivity index (χ0v) is 13.3. The van der Waals surface area contributed by atoms with E-state index in [1.54, 1.807) is 6.20 Å². The first kappa shape index (κ1) is 15.9. The van der Waals surface area contributed by atoms with Gasteiger partial charge in [0.25, 0.3) is 0 Å². The highest BCUT2D eigenvalue weighted by Gasteiger charge is 2.10. The van der Waals surface area contributed by atoms with Crippen LogP contribution in [0.3, 0.4) is 0 Å². The molecule has 3 rings (SSSR count). The van der Waals surface area contributed by atoms with Crippen molar-refractivity contribution in [2.24, 2.45) is 0 Å². The van der Waals surface area contributed by atoms with Crippen molar-refractivity contribution in [3.05, 3.63) is 24.2 Å². The lowest BCUT2D eigenvalue weighted by Gasteiger charge is -2.26. The maximum absolute atomic E-state index is 11.9. The van der Waals surface area contributed by atoms with Gasteiger partial charge >= 0.3 is 0 Å². The number of hydrogen-bond acceptors (Lipinski definition) is 5. The third-order valence-corrected chi connectivity index (χ3v) is 3.97. The largest absolute Gasteiger partial charge is 0.379 e. The van der Waals surface area contributed by atoms with Crippen LogP contribution < -0.4 is 5.32 Å². The number of morpholine rings is 1. The third-order valence-electron chi connectivity index (χ3n) is 3.97. The van der Waals surface area contributed by atoms with Gasteiger partial charge in [-0.25, -0.2) is 9.97 Å². The maximum Gasteiger partial charge on any atom is 0.220 e. The number of nitrogens with one attached hydrogen (secondary N) is 2. The lowest BCUT2D eigenvalue weighted by molar-refractivity contribution is -0.121. The molecule has 1 saturated heterocycles. The Bertz CT molecular complexity index is 603. The molecule has 1 fully saturated rings. The second-order valence-electron chi connectivity index (χ2n) is 5.72. The molecular formula is C16H23N5O2. The predicted molar refractivity (Wildman–Crippen MR) is 87.1 cm³/mol. The van der Waals surface area contributed by atoms with Gasteiger partial charge in [-0.3, -0.25) is 9.69 Å². The molecule has 2 aromatic rings. The molecule has 1 amide bonds. The SMILES string of the molecule is O=C(CCc1nc2ncccc2[nH]1)NCCCN1CCOCC1. The van der Waals surface area contributed by atoms with Gasteiger partial charge < -0.3 is 15.0 Å². The quantitative estimate of drug-likeness (QED) is 0.736. The Morgan fingerprint density at radius 3 is 3.09 bits per heavy atom. The molecule has 3 heterocycles. The van der Waals surface area contributed by atoms with Crippen LogP contribution in [0.25, 0.3) is 11.2 Å². The van der Waals surface area contributed by atoms with Gasteiger partial charge in [-0.05, 0) is 25.1 Å². The summed E-state index contributed by atoms with van der Waals surface area (Å²) in [6.45, 7) is 5.36. The summed E-state index contributed by atoms with van der Waals surface area (Å²) in [5.41, 5.74) is 1.61. The van der Waals surface area contributed by atoms with Gasteiger partial charge in [0, 0.05) is 38.7 Å². The Labute approximate surface area is 135 Å². The first-order valence-corrected chi connectivity index (χ1v) is 8.18. The van der Waals surface area contributed by atoms with E-state index in [1.165, 1.54) is 0 Å². The van der Waals surface area contributed by atoms with Crippen molar-refractivity contribution in [3.63, 3.8) is 0 Å². The van der Waals surface area contributed by atoms with Crippen LogP contribution in [0.2, 0.25) is 0 Å². The summed E-state index contributed by atoms with van der Waals surface area (Å²) in [4.78, 5) is 26.0. The Balaban J connectivity index is 1.33. The number of aromatic nitrogens is 3. The standard InChI is InChI=1S/C16H23N5O2/c22-15(17-7-2-8-21-9-11-23-12-10-21)5-4-14-19-13-3-1-6-18-16(13)20-14/h1,3,6H,2,4-5,7-12H2,(H,17,22)(H,18,19,20). The van der Waals surface area contributed by atoms with Crippen LogP contribution in [0.15, 0.2) is 18.3 Å². The van der Waals surface area contributed by atoms with Crippen LogP contribution in [-0.2, 0) is 16.0 Å². The summed E-state index contributed by atoms with van der Waals surface area (Å²) < 4.78 is 5.32. The molecule has 23 heavy (non-hydrogen) atoms. The van der Waals surface area contributed by atoms with E-state index >= 15 is 0 Å². The number of imidazole rings is 1. The Kier molecular flexibility index (Phi) is 5.55. The Hall–Kier alpha value is -1.99. The van der Waals surface area contributed by atoms with Crippen molar-refractivity contribution in [2.75, 3.05) is 39.4 Å². The zero-order chi connectivity index (χ0) is 15.9. The van der Waals surface area contributed by atoms with Crippen molar-refractivity contribution >= 4 is 17.1 Å². The van der Waals surface area contributed by atoms with E-state index in [2.05, 4.69) is 25.2 Å². The van der Waals surface area contributed by atoms with Crippen molar-refractivity contribution in [3.8, 4) is 0 Å². The van der Waals surface area contributed by atoms with E-state index in [4.69, 9.17) is 4.74 Å². The number of fused-ring (bicyclic) bond motifs is 1. The van der Waals surface area contributed by atoms with Crippen LogP contribution in [0.1, 0.15) is 18.7 Å². The Morgan fingerprint density at radius 1 is 1.39 bits per heavy atom. The van der Waals surface area contributed by atoms with Gasteiger partial charge in [-0.15, -0.1) is 0 Å². The molecule has 1 aliphatic rings. The van der Waals surface area contributed by atoms with E-state index in [9.17, 15) is 4.79 Å². The minimum Gasteiger partial charge on any atom is -0.379 e. The van der Waals surface area contributed by atoms with Gasteiger partial charge in [-0.2, -0.15) is 0 Å². The Morgan fingerprint density at radius 2 is 2.26 bits per heavy atom. The van der Waals surface area contributed by atoms with E-state index in [0.717, 1.165) is 57.2 Å². The summed E-state index contributed by atoms with van der Waals surface area (Å²) in [5, 5.41) is 2.97. The second kappa shape index (κ2) is 8.03. The fourth-order valence-electron chi connectivity index (χ4n) is 2.69. The molecule has 7 nitrogen and oxygen atoms in total. The van der Waals surface area contributed by atoms with Crippen LogP contribution in [-0.4, -0.2) is 65.2 Å². The summed E-state index contributed by atoms with van der Waals surface area (Å²) >= 11 is 0. The molecule has 0 saturated carbocycles. The van der Waals surface area contributed by atoms with Crippen LogP contribution >= 0.6 is 0 Å². The molecule has 0 aromatic carbocycles. The normalized spacial score (nSPS) is 15.8. The van der Waals surface area contributed by atoms with E-state index in [-0.39, 0.29) is 5.91 Å². The lowest BCUT2D eigenvalue weighted by Crippen LogP contribution is -2.38. The molecule has 2 N–H and O–H groups in total. The van der Waals surface area contributed by atoms with Crippen molar-refractivity contribution in [2.45, 2.75) is 19.3 Å². The monoisotopic (exact) mass is 317 g/mol. The lowest BCUT2D eigenvalue weighted by atomic mass is 10.2. The molecular weight excluding hydrogens is 294 g/mol. The summed E-state index contributed by atoms with van der Waals surface area (Å²) in [7, 11) is 0. The van der Waals surface area contributed by atoms with Gasteiger partial charge in [0.05, 0.1) is 18.7 Å². The second-order valence-corrected chi connectivity index (χ2v) is 5.72. The number of H-pyrrole nitrogens is 1. The highest BCUT2D eigenvalue weighted by atomic mass is 16.5. The molecule has 2 aromatic heterocycles. The summed E-state index contributed by atoms with van der Waals surface area (Å²) in [6.07, 6.45) is 3.73. The number of hydrogen-bond donors (Lipinski definition) is 2. The van der Waals surface area contributed by atoms with Crippen molar-refractivity contribution < 1.29 is 9.53 Å². The number of carbonyl (C=O) groups is 1. The summed E-state index contributed by atoms with van der Waals surface area (Å²) in [5.74, 6) is 0.877. The van der Waals surface area contributed by atoms with E-state index in [1.807, 2.05) is 12.1 Å². The van der Waals surface area contributed by atoms with Crippen LogP contribution in [0.5, 0.6) is 0 Å². The number of aromatic amines is 1. The van der Waals surface area contributed by atoms with Crippen molar-refractivity contribution in [1.82, 2.24) is 25.2 Å². The molecule has 0 aliphatic carbocycles. The zero-order valence-electron chi connectivity index (χ0n) is 13.3. The van der Waals surface area contributed by atoms with Gasteiger partial charge in [0.15, 0.2) is 5.65 Å². The van der Waals surface area contributed by atoms with E-state index < -0.39 is 0 Å². The molecule has 0 spiro atoms. The van der Waals surface area contributed by atoms with Gasteiger partial charge in [0.2, 0.25) is 5.91 Å². The molecule has 1 aliphatic heterocycles. The third kappa shape index (κ3) is 4.74. The van der Waals surface area contributed by atoms with Crippen LogP contribution in [0, 0.1) is 0 Å². The average Bonchev–Trinajstić information content (AvgIpc) is 3.01. The highest BCUT2D eigenvalue weighted by molar-refractivity contribution is 5.76. The molecule has 7 heteroatoms. The minimum absolute atomic E-state index is 0.0698. The molecule has 0 unspecified atom stereocenters. The highest BCUT2D eigenvalue weighted by Crippen LogP contribution is 2.08. The number of carbonyl (C=O) groups excluding carboxylic acids is 1. The first-order chi connectivity index (χ1) is 11.3. The van der Waals surface area contributed by atoms with Gasteiger partial charge in [0.1, 0.15) is 5.82 Å². The number of ether oxygens (including phenoxy) is 1. The van der Waals surface area contributed by atoms with Crippen molar-refractivity contribution in [1.29, 1.82) is 0 Å². The number of rotatable bonds is 7. The number of nitrogens with zero attached hydrogens (tertiary/aromatic N) is 3. The maximum atomic E-state index is 11.9. The molecule has 0 bridgehead atoms.